The summed E-state index contributed by atoms with van der Waals surface area (Å²) in [7, 11) is 0. The van der Waals surface area contributed by atoms with Crippen LogP contribution in [0.3, 0.4) is 0 Å². The van der Waals surface area contributed by atoms with Gasteiger partial charge in [-0.05, 0) is 54.3 Å². The van der Waals surface area contributed by atoms with Crippen molar-refractivity contribution < 1.29 is 4.79 Å². The number of nitrogens with zero attached hydrogens (tertiary/aromatic N) is 2. The summed E-state index contributed by atoms with van der Waals surface area (Å²) >= 11 is 1.74. The van der Waals surface area contributed by atoms with E-state index in [1.54, 1.807) is 16.7 Å². The minimum atomic E-state index is -0.232. The van der Waals surface area contributed by atoms with E-state index in [9.17, 15) is 10.1 Å². The number of benzene rings is 3. The van der Waals surface area contributed by atoms with Crippen LogP contribution in [0, 0.1) is 17.4 Å². The van der Waals surface area contributed by atoms with E-state index < -0.39 is 0 Å². The van der Waals surface area contributed by atoms with E-state index in [4.69, 9.17) is 0 Å². The number of amides is 1. The fourth-order valence-corrected chi connectivity index (χ4v) is 5.62. The van der Waals surface area contributed by atoms with E-state index in [1.165, 1.54) is 9.79 Å². The van der Waals surface area contributed by atoms with Crippen molar-refractivity contribution in [2.75, 3.05) is 13.1 Å². The Labute approximate surface area is 186 Å². The molecule has 1 aliphatic carbocycles. The molecule has 0 radical (unpaired) electrons. The molecule has 1 amide bonds. The third kappa shape index (κ3) is 3.80. The second-order valence-electron chi connectivity index (χ2n) is 8.32. The van der Waals surface area contributed by atoms with Gasteiger partial charge in [0.05, 0.1) is 12.1 Å². The van der Waals surface area contributed by atoms with Gasteiger partial charge in [-0.1, -0.05) is 60.3 Å². The van der Waals surface area contributed by atoms with Gasteiger partial charge in [0.2, 0.25) is 0 Å². The molecular weight excluding hydrogens is 402 g/mol. The first-order valence-corrected chi connectivity index (χ1v) is 11.4. The van der Waals surface area contributed by atoms with Crippen molar-refractivity contribution in [2.45, 2.75) is 28.2 Å². The average Bonchev–Trinajstić information content (AvgIpc) is 3.05. The highest BCUT2D eigenvalue weighted by Crippen LogP contribution is 2.44. The Bertz CT molecular complexity index is 1140. The normalized spacial score (nSPS) is 21.6. The minimum Gasteiger partial charge on any atom is -0.344 e. The smallest absolute Gasteiger partial charge is 0.251 e. The van der Waals surface area contributed by atoms with Gasteiger partial charge < -0.3 is 10.2 Å². The first-order chi connectivity index (χ1) is 15.2. The quantitative estimate of drug-likeness (QED) is 0.572. The SMILES string of the molecule is N#CN1CC2CC[C@]2(NC(=O)c2ccc(-c3ccccc3Sc3ccccc3)cc2)C1. The van der Waals surface area contributed by atoms with Crippen molar-refractivity contribution in [3.05, 3.63) is 84.4 Å². The molecule has 0 aromatic heterocycles. The van der Waals surface area contributed by atoms with Crippen molar-refractivity contribution in [3.63, 3.8) is 0 Å². The first kappa shape index (κ1) is 19.7. The highest BCUT2D eigenvalue weighted by Gasteiger charge is 2.54. The molecule has 1 N–H and O–H groups in total. The van der Waals surface area contributed by atoms with Crippen molar-refractivity contribution in [2.24, 2.45) is 5.92 Å². The molecule has 1 saturated carbocycles. The summed E-state index contributed by atoms with van der Waals surface area (Å²) in [5, 5.41) is 12.5. The number of fused-ring (bicyclic) bond motifs is 1. The van der Waals surface area contributed by atoms with Gasteiger partial charge in [0, 0.05) is 27.8 Å². The molecule has 4 nitrogen and oxygen atoms in total. The van der Waals surface area contributed by atoms with Crippen LogP contribution in [0.2, 0.25) is 0 Å². The van der Waals surface area contributed by atoms with E-state index in [1.807, 2.05) is 48.5 Å². The van der Waals surface area contributed by atoms with Crippen LogP contribution in [-0.4, -0.2) is 29.4 Å². The summed E-state index contributed by atoms with van der Waals surface area (Å²) in [6.07, 6.45) is 4.26. The second kappa shape index (κ2) is 8.13. The van der Waals surface area contributed by atoms with Gasteiger partial charge >= 0.3 is 0 Å². The molecule has 1 saturated heterocycles. The molecule has 2 aliphatic rings. The van der Waals surface area contributed by atoms with E-state index in [-0.39, 0.29) is 11.4 Å². The highest BCUT2D eigenvalue weighted by molar-refractivity contribution is 7.99. The van der Waals surface area contributed by atoms with Crippen LogP contribution in [0.25, 0.3) is 11.1 Å². The maximum Gasteiger partial charge on any atom is 0.251 e. The van der Waals surface area contributed by atoms with Gasteiger partial charge in [0.25, 0.3) is 5.91 Å². The van der Waals surface area contributed by atoms with E-state index >= 15 is 0 Å². The van der Waals surface area contributed by atoms with Crippen LogP contribution in [-0.2, 0) is 0 Å². The lowest BCUT2D eigenvalue weighted by atomic mass is 9.69. The number of likely N-dealkylation sites (tertiary alicyclic amines) is 1. The topological polar surface area (TPSA) is 56.1 Å². The summed E-state index contributed by atoms with van der Waals surface area (Å²) in [5.41, 5.74) is 2.67. The van der Waals surface area contributed by atoms with E-state index in [0.717, 1.165) is 30.5 Å². The summed E-state index contributed by atoms with van der Waals surface area (Å²) in [6.45, 7) is 1.38. The Morgan fingerprint density at radius 3 is 2.48 bits per heavy atom. The number of carbonyl (C=O) groups is 1. The minimum absolute atomic E-state index is 0.0528. The maximum absolute atomic E-state index is 12.9. The Morgan fingerprint density at radius 1 is 1.03 bits per heavy atom. The van der Waals surface area contributed by atoms with E-state index in [2.05, 4.69) is 41.8 Å². The van der Waals surface area contributed by atoms with Gasteiger partial charge in [0.1, 0.15) is 0 Å². The lowest BCUT2D eigenvalue weighted by Gasteiger charge is -2.44. The molecule has 0 bridgehead atoms. The molecule has 0 spiro atoms. The third-order valence-electron chi connectivity index (χ3n) is 6.45. The van der Waals surface area contributed by atoms with Crippen molar-refractivity contribution in [1.82, 2.24) is 10.2 Å². The molecule has 1 unspecified atom stereocenters. The molecule has 1 heterocycles. The number of hydrogen-bond donors (Lipinski definition) is 1. The van der Waals surface area contributed by atoms with Gasteiger partial charge in [-0.25, -0.2) is 0 Å². The summed E-state index contributed by atoms with van der Waals surface area (Å²) in [4.78, 5) is 17.1. The predicted molar refractivity (Wildman–Crippen MR) is 123 cm³/mol. The van der Waals surface area contributed by atoms with Crippen LogP contribution in [0.15, 0.2) is 88.7 Å². The van der Waals surface area contributed by atoms with Gasteiger partial charge in [-0.15, -0.1) is 0 Å². The molecule has 2 atom stereocenters. The number of nitriles is 1. The van der Waals surface area contributed by atoms with Crippen molar-refractivity contribution in [3.8, 4) is 17.3 Å². The molecule has 31 heavy (non-hydrogen) atoms. The monoisotopic (exact) mass is 425 g/mol. The number of rotatable bonds is 5. The van der Waals surface area contributed by atoms with Gasteiger partial charge in [-0.2, -0.15) is 5.26 Å². The largest absolute Gasteiger partial charge is 0.344 e. The van der Waals surface area contributed by atoms with Crippen LogP contribution in [0.5, 0.6) is 0 Å². The second-order valence-corrected chi connectivity index (χ2v) is 9.43. The zero-order valence-corrected chi connectivity index (χ0v) is 17.9. The van der Waals surface area contributed by atoms with Crippen LogP contribution in [0.1, 0.15) is 23.2 Å². The molecule has 154 valence electrons. The summed E-state index contributed by atoms with van der Waals surface area (Å²) in [6, 6.07) is 26.5. The number of hydrogen-bond acceptors (Lipinski definition) is 4. The molecular formula is C26H23N3OS. The van der Waals surface area contributed by atoms with Crippen LogP contribution in [0.4, 0.5) is 0 Å². The summed E-state index contributed by atoms with van der Waals surface area (Å²) in [5.74, 6) is 0.334. The Kier molecular flexibility index (Phi) is 5.17. The lowest BCUT2D eigenvalue weighted by Crippen LogP contribution is -2.60. The molecule has 5 heteroatoms. The van der Waals surface area contributed by atoms with Crippen LogP contribution < -0.4 is 5.32 Å². The number of nitrogens with one attached hydrogen (secondary N) is 1. The molecule has 2 fully saturated rings. The molecule has 1 aliphatic heterocycles. The Hall–Kier alpha value is -3.23. The van der Waals surface area contributed by atoms with Crippen molar-refractivity contribution in [1.29, 1.82) is 5.26 Å². The third-order valence-corrected chi connectivity index (χ3v) is 7.54. The highest BCUT2D eigenvalue weighted by atomic mass is 32.2. The van der Waals surface area contributed by atoms with Crippen molar-refractivity contribution >= 4 is 17.7 Å². The maximum atomic E-state index is 12.9. The van der Waals surface area contributed by atoms with Gasteiger partial charge in [-0.3, -0.25) is 4.79 Å². The van der Waals surface area contributed by atoms with Crippen LogP contribution >= 0.6 is 11.8 Å². The standard InChI is InChI=1S/C26H23N3OS/c27-18-29-16-21-14-15-26(21,17-29)28-25(30)20-12-10-19(11-13-20)23-8-4-5-9-24(23)31-22-6-2-1-3-7-22/h1-13,21H,14-17H2,(H,28,30)/t21?,26-/m0/s1. The Morgan fingerprint density at radius 2 is 1.77 bits per heavy atom. The fourth-order valence-electron chi connectivity index (χ4n) is 4.63. The summed E-state index contributed by atoms with van der Waals surface area (Å²) < 4.78 is 0. The molecule has 3 aromatic rings. The molecule has 3 aromatic carbocycles. The predicted octanol–water partition coefficient (Wildman–Crippen LogP) is 5.18. The molecule has 5 rings (SSSR count). The fraction of sp³-hybridized carbons (Fsp3) is 0.231. The van der Waals surface area contributed by atoms with Gasteiger partial charge in [0.15, 0.2) is 6.19 Å². The Balaban J connectivity index is 1.33. The van der Waals surface area contributed by atoms with E-state index in [0.29, 0.717) is 18.0 Å². The average molecular weight is 426 g/mol. The zero-order chi connectivity index (χ0) is 21.3. The zero-order valence-electron chi connectivity index (χ0n) is 17.1. The first-order valence-electron chi connectivity index (χ1n) is 10.6. The number of carbonyl (C=O) groups excluding carboxylic acids is 1. The lowest BCUT2D eigenvalue weighted by molar-refractivity contribution is 0.0762.